The molecular weight excluding hydrogens is 240 g/mol. The topological polar surface area (TPSA) is 123 Å². The summed E-state index contributed by atoms with van der Waals surface area (Å²) in [6.07, 6.45) is 1.24. The molecule has 0 atom stereocenters. The van der Waals surface area contributed by atoms with E-state index >= 15 is 0 Å². The number of amides is 1. The van der Waals surface area contributed by atoms with E-state index in [4.69, 9.17) is 5.11 Å². The molecule has 2 rings (SSSR count). The summed E-state index contributed by atoms with van der Waals surface area (Å²) in [7, 11) is 1.55. The maximum Gasteiger partial charge on any atom is 0.354 e. The highest BCUT2D eigenvalue weighted by Crippen LogP contribution is 2.04. The summed E-state index contributed by atoms with van der Waals surface area (Å²) in [6.45, 7) is 0. The fourth-order valence-electron chi connectivity index (χ4n) is 1.20. The van der Waals surface area contributed by atoms with Gasteiger partial charge >= 0.3 is 5.97 Å². The van der Waals surface area contributed by atoms with Gasteiger partial charge in [-0.15, -0.1) is 5.10 Å². The molecule has 1 amide bonds. The molecule has 2 aromatic heterocycles. The maximum absolute atomic E-state index is 11.7. The molecule has 0 unspecified atom stereocenters. The molecule has 18 heavy (non-hydrogen) atoms. The maximum atomic E-state index is 11.7. The lowest BCUT2D eigenvalue weighted by molar-refractivity contribution is 0.0690. The molecule has 0 aliphatic rings. The Morgan fingerprint density at radius 3 is 2.83 bits per heavy atom. The highest BCUT2D eigenvalue weighted by atomic mass is 16.4. The number of aryl methyl sites for hydroxylation is 1. The minimum absolute atomic E-state index is 0.0381. The van der Waals surface area contributed by atoms with Crippen molar-refractivity contribution in [1.29, 1.82) is 0 Å². The number of aromatic nitrogens is 5. The molecule has 0 fully saturated rings. The predicted octanol–water partition coefficient (Wildman–Crippen LogP) is -0.444. The average molecular weight is 248 g/mol. The molecule has 0 aromatic carbocycles. The molecular formula is C9H8N6O3. The molecule has 0 bridgehead atoms. The number of hydrogen-bond acceptors (Lipinski definition) is 6. The van der Waals surface area contributed by atoms with Gasteiger partial charge in [-0.1, -0.05) is 5.10 Å². The fourth-order valence-corrected chi connectivity index (χ4v) is 1.20. The van der Waals surface area contributed by atoms with E-state index in [1.807, 2.05) is 0 Å². The van der Waals surface area contributed by atoms with Gasteiger partial charge in [-0.25, -0.2) is 9.78 Å². The summed E-state index contributed by atoms with van der Waals surface area (Å²) in [5, 5.41) is 22.0. The van der Waals surface area contributed by atoms with Gasteiger partial charge in [-0.3, -0.25) is 10.1 Å². The van der Waals surface area contributed by atoms with Crippen LogP contribution in [-0.2, 0) is 7.05 Å². The Bertz CT molecular complexity index is 608. The van der Waals surface area contributed by atoms with Crippen LogP contribution in [0.25, 0.3) is 0 Å². The smallest absolute Gasteiger partial charge is 0.354 e. The first-order valence-corrected chi connectivity index (χ1v) is 4.81. The van der Waals surface area contributed by atoms with E-state index in [0.717, 1.165) is 6.07 Å². The second-order valence-corrected chi connectivity index (χ2v) is 3.29. The van der Waals surface area contributed by atoms with Crippen molar-refractivity contribution in [1.82, 2.24) is 25.2 Å². The number of rotatable bonds is 3. The second-order valence-electron chi connectivity index (χ2n) is 3.29. The van der Waals surface area contributed by atoms with Gasteiger partial charge in [-0.05, 0) is 17.3 Å². The first-order valence-electron chi connectivity index (χ1n) is 4.81. The number of aromatic carboxylic acids is 1. The molecule has 2 N–H and O–H groups in total. The first kappa shape index (κ1) is 11.6. The number of carboxylic acid groups (broad SMARTS) is 1. The van der Waals surface area contributed by atoms with Crippen LogP contribution >= 0.6 is 0 Å². The van der Waals surface area contributed by atoms with Crippen LogP contribution in [0.5, 0.6) is 0 Å². The van der Waals surface area contributed by atoms with Gasteiger partial charge in [0, 0.05) is 11.8 Å². The SMILES string of the molecule is Cn1nnc(NC(=O)c2ccnc(C(=O)O)c2)n1. The molecule has 0 spiro atoms. The minimum atomic E-state index is -1.21. The van der Waals surface area contributed by atoms with Crippen molar-refractivity contribution in [3.8, 4) is 0 Å². The zero-order valence-corrected chi connectivity index (χ0v) is 9.23. The molecule has 92 valence electrons. The van der Waals surface area contributed by atoms with Crippen LogP contribution in [0.3, 0.4) is 0 Å². The van der Waals surface area contributed by atoms with E-state index in [1.165, 1.54) is 17.1 Å². The summed E-state index contributed by atoms with van der Waals surface area (Å²) in [5.41, 5.74) is -0.0652. The number of carbonyl (C=O) groups excluding carboxylic acids is 1. The van der Waals surface area contributed by atoms with Crippen LogP contribution in [0.4, 0.5) is 5.95 Å². The number of anilines is 1. The molecule has 0 aliphatic carbocycles. The number of nitrogens with zero attached hydrogens (tertiary/aromatic N) is 5. The standard InChI is InChI=1S/C9H8N6O3/c1-15-13-9(12-14-15)11-7(16)5-2-3-10-6(4-5)8(17)18/h2-4H,1H3,(H,17,18)(H,11,13,16). The normalized spacial score (nSPS) is 10.1. The van der Waals surface area contributed by atoms with Gasteiger partial charge < -0.3 is 5.11 Å². The molecule has 9 nitrogen and oxygen atoms in total. The zero-order valence-electron chi connectivity index (χ0n) is 9.23. The third-order valence-corrected chi connectivity index (χ3v) is 1.97. The van der Waals surface area contributed by atoms with Crippen molar-refractivity contribution in [2.75, 3.05) is 5.32 Å². The van der Waals surface area contributed by atoms with Crippen LogP contribution in [0, 0.1) is 0 Å². The van der Waals surface area contributed by atoms with Crippen LogP contribution in [0.2, 0.25) is 0 Å². The number of hydrogen-bond donors (Lipinski definition) is 2. The van der Waals surface area contributed by atoms with Crippen molar-refractivity contribution in [3.05, 3.63) is 29.6 Å². The largest absolute Gasteiger partial charge is 0.477 e. The van der Waals surface area contributed by atoms with Gasteiger partial charge in [0.15, 0.2) is 0 Å². The Kier molecular flexibility index (Phi) is 2.96. The Morgan fingerprint density at radius 1 is 1.44 bits per heavy atom. The molecule has 0 saturated heterocycles. The van der Waals surface area contributed by atoms with Crippen LogP contribution in [-0.4, -0.2) is 42.2 Å². The fraction of sp³-hybridized carbons (Fsp3) is 0.111. The van der Waals surface area contributed by atoms with E-state index < -0.39 is 11.9 Å². The second kappa shape index (κ2) is 4.57. The van der Waals surface area contributed by atoms with E-state index in [1.54, 1.807) is 7.05 Å². The summed E-state index contributed by atoms with van der Waals surface area (Å²) in [4.78, 5) is 27.2. The molecule has 0 aliphatic heterocycles. The lowest BCUT2D eigenvalue weighted by Gasteiger charge is -2.01. The van der Waals surface area contributed by atoms with E-state index in [2.05, 4.69) is 25.7 Å². The summed E-state index contributed by atoms with van der Waals surface area (Å²) in [6, 6.07) is 2.55. The number of carboxylic acids is 1. The lowest BCUT2D eigenvalue weighted by atomic mass is 10.2. The summed E-state index contributed by atoms with van der Waals surface area (Å²) < 4.78 is 0. The van der Waals surface area contributed by atoms with Gasteiger partial charge in [0.1, 0.15) is 5.69 Å². The van der Waals surface area contributed by atoms with Crippen molar-refractivity contribution >= 4 is 17.8 Å². The van der Waals surface area contributed by atoms with Gasteiger partial charge in [0.05, 0.1) is 7.05 Å². The monoisotopic (exact) mass is 248 g/mol. The van der Waals surface area contributed by atoms with Crippen molar-refractivity contribution in [3.63, 3.8) is 0 Å². The number of tetrazole rings is 1. The third kappa shape index (κ3) is 2.45. The zero-order chi connectivity index (χ0) is 13.1. The predicted molar refractivity (Wildman–Crippen MR) is 57.9 cm³/mol. The first-order chi connectivity index (χ1) is 8.56. The lowest BCUT2D eigenvalue weighted by Crippen LogP contribution is -2.14. The summed E-state index contributed by atoms with van der Waals surface area (Å²) in [5.74, 6) is -1.70. The number of nitrogens with one attached hydrogen (secondary N) is 1. The van der Waals surface area contributed by atoms with Gasteiger partial charge in [0.2, 0.25) is 0 Å². The van der Waals surface area contributed by atoms with Crippen molar-refractivity contribution in [2.24, 2.45) is 7.05 Å². The molecule has 2 heterocycles. The third-order valence-electron chi connectivity index (χ3n) is 1.97. The quantitative estimate of drug-likeness (QED) is 0.754. The van der Waals surface area contributed by atoms with Gasteiger partial charge in [0.25, 0.3) is 11.9 Å². The van der Waals surface area contributed by atoms with E-state index in [0.29, 0.717) is 0 Å². The molecule has 2 aromatic rings. The molecule has 0 saturated carbocycles. The van der Waals surface area contributed by atoms with Crippen LogP contribution < -0.4 is 5.32 Å². The van der Waals surface area contributed by atoms with Crippen molar-refractivity contribution in [2.45, 2.75) is 0 Å². The number of pyridine rings is 1. The number of carbonyl (C=O) groups is 2. The van der Waals surface area contributed by atoms with Gasteiger partial charge in [-0.2, -0.15) is 4.80 Å². The molecule has 0 radical (unpaired) electrons. The van der Waals surface area contributed by atoms with E-state index in [-0.39, 0.29) is 17.2 Å². The summed E-state index contributed by atoms with van der Waals surface area (Å²) >= 11 is 0. The Labute approximate surface area is 100 Å². The highest BCUT2D eigenvalue weighted by Gasteiger charge is 2.12. The Hall–Kier alpha value is -2.84. The minimum Gasteiger partial charge on any atom is -0.477 e. The van der Waals surface area contributed by atoms with Crippen LogP contribution in [0.15, 0.2) is 18.3 Å². The highest BCUT2D eigenvalue weighted by molar-refractivity contribution is 6.04. The Balaban J connectivity index is 2.18. The molecule has 9 heteroatoms. The Morgan fingerprint density at radius 2 is 2.22 bits per heavy atom. The van der Waals surface area contributed by atoms with Crippen LogP contribution in [0.1, 0.15) is 20.8 Å². The average Bonchev–Trinajstić information content (AvgIpc) is 2.75. The van der Waals surface area contributed by atoms with Crippen molar-refractivity contribution < 1.29 is 14.7 Å². The van der Waals surface area contributed by atoms with E-state index in [9.17, 15) is 9.59 Å².